The highest BCUT2D eigenvalue weighted by Crippen LogP contribution is 2.34. The molecule has 4 heteroatoms. The van der Waals surface area contributed by atoms with Gasteiger partial charge in [-0.2, -0.15) is 5.10 Å². The first-order valence-corrected chi connectivity index (χ1v) is 7.41. The van der Waals surface area contributed by atoms with E-state index in [1.54, 1.807) is 0 Å². The van der Waals surface area contributed by atoms with E-state index in [4.69, 9.17) is 5.10 Å². The van der Waals surface area contributed by atoms with E-state index in [0.29, 0.717) is 6.04 Å². The molecule has 4 rings (SSSR count). The fourth-order valence-corrected chi connectivity index (χ4v) is 3.63. The first-order valence-electron chi connectivity index (χ1n) is 7.41. The van der Waals surface area contributed by atoms with Gasteiger partial charge in [0.05, 0.1) is 11.7 Å². The largest absolute Gasteiger partial charge is 0.309 e. The Morgan fingerprint density at radius 1 is 1.26 bits per heavy atom. The van der Waals surface area contributed by atoms with Crippen LogP contribution in [0.5, 0.6) is 0 Å². The summed E-state index contributed by atoms with van der Waals surface area (Å²) < 4.78 is 1.96. The predicted octanol–water partition coefficient (Wildman–Crippen LogP) is 2.27. The van der Waals surface area contributed by atoms with Gasteiger partial charge < -0.3 is 5.32 Å². The van der Waals surface area contributed by atoms with Crippen LogP contribution in [-0.4, -0.2) is 21.3 Å². The van der Waals surface area contributed by atoms with Crippen LogP contribution >= 0.6 is 0 Å². The molecular weight excluding hydrogens is 236 g/mol. The molecule has 0 amide bonds. The van der Waals surface area contributed by atoms with E-state index < -0.39 is 0 Å². The maximum atomic E-state index is 4.77. The van der Waals surface area contributed by atoms with Crippen LogP contribution in [0.25, 0.3) is 11.0 Å². The summed E-state index contributed by atoms with van der Waals surface area (Å²) in [6, 6.07) is 0.430. The lowest BCUT2D eigenvalue weighted by molar-refractivity contribution is 0.610. The number of hydrogen-bond donors (Lipinski definition) is 1. The van der Waals surface area contributed by atoms with Crippen LogP contribution in [-0.2, 0) is 19.9 Å². The minimum atomic E-state index is 0.430. The molecule has 100 valence electrons. The Bertz CT molecular complexity index is 623. The first-order chi connectivity index (χ1) is 9.34. The smallest absolute Gasteiger partial charge is 0.158 e. The highest BCUT2D eigenvalue weighted by atomic mass is 15.3. The van der Waals surface area contributed by atoms with Crippen LogP contribution in [0.3, 0.4) is 0 Å². The van der Waals surface area contributed by atoms with E-state index >= 15 is 0 Å². The Hall–Kier alpha value is -1.42. The normalized spacial score (nSPS) is 22.9. The summed E-state index contributed by atoms with van der Waals surface area (Å²) in [4.78, 5) is 4.66. The molecule has 0 aromatic carbocycles. The highest BCUT2D eigenvalue weighted by Gasteiger charge is 2.26. The van der Waals surface area contributed by atoms with Gasteiger partial charge in [-0.1, -0.05) is 0 Å². The van der Waals surface area contributed by atoms with E-state index in [2.05, 4.69) is 16.5 Å². The van der Waals surface area contributed by atoms with Gasteiger partial charge in [-0.15, -0.1) is 0 Å². The maximum absolute atomic E-state index is 4.77. The summed E-state index contributed by atoms with van der Waals surface area (Å²) in [5.74, 6) is 0. The second-order valence-corrected chi connectivity index (χ2v) is 5.83. The Labute approximate surface area is 113 Å². The third kappa shape index (κ3) is 1.70. The average Bonchev–Trinajstić information content (AvgIpc) is 3.07. The highest BCUT2D eigenvalue weighted by molar-refractivity contribution is 5.84. The molecule has 0 unspecified atom stereocenters. The van der Waals surface area contributed by atoms with Crippen LogP contribution in [0, 0.1) is 0 Å². The summed E-state index contributed by atoms with van der Waals surface area (Å²) in [5, 5.41) is 9.70. The molecule has 0 spiro atoms. The fraction of sp³-hybridized carbons (Fsp3) is 0.600. The summed E-state index contributed by atoms with van der Waals surface area (Å²) in [6.07, 6.45) is 9.52. The number of nitrogens with one attached hydrogen (secondary N) is 1. The molecule has 1 aliphatic heterocycles. The van der Waals surface area contributed by atoms with E-state index in [-0.39, 0.29) is 0 Å². The Morgan fingerprint density at radius 2 is 2.16 bits per heavy atom. The van der Waals surface area contributed by atoms with Crippen molar-refractivity contribution in [2.45, 2.75) is 44.6 Å². The molecule has 1 atom stereocenters. The number of rotatable bonds is 1. The maximum Gasteiger partial charge on any atom is 0.158 e. The van der Waals surface area contributed by atoms with Gasteiger partial charge in [-0.25, -0.2) is 4.98 Å². The van der Waals surface area contributed by atoms with E-state index in [1.807, 2.05) is 11.7 Å². The zero-order chi connectivity index (χ0) is 12.8. The lowest BCUT2D eigenvalue weighted by Crippen LogP contribution is -2.14. The monoisotopic (exact) mass is 256 g/mol. The second kappa shape index (κ2) is 4.30. The number of hydrogen-bond acceptors (Lipinski definition) is 3. The van der Waals surface area contributed by atoms with Crippen molar-refractivity contribution < 1.29 is 0 Å². The van der Waals surface area contributed by atoms with Crippen molar-refractivity contribution in [3.8, 4) is 0 Å². The molecule has 0 bridgehead atoms. The topological polar surface area (TPSA) is 42.7 Å². The number of aryl methyl sites for hydroxylation is 3. The number of pyridine rings is 1. The molecule has 1 N–H and O–H groups in total. The summed E-state index contributed by atoms with van der Waals surface area (Å²) in [5.41, 5.74) is 5.27. The molecule has 4 nitrogen and oxygen atoms in total. The summed E-state index contributed by atoms with van der Waals surface area (Å²) >= 11 is 0. The van der Waals surface area contributed by atoms with Crippen LogP contribution in [0.2, 0.25) is 0 Å². The average molecular weight is 256 g/mol. The van der Waals surface area contributed by atoms with E-state index in [9.17, 15) is 0 Å². The molecule has 3 heterocycles. The van der Waals surface area contributed by atoms with E-state index in [1.165, 1.54) is 60.7 Å². The van der Waals surface area contributed by atoms with Gasteiger partial charge in [0.15, 0.2) is 5.65 Å². The van der Waals surface area contributed by atoms with Crippen molar-refractivity contribution in [1.82, 2.24) is 20.1 Å². The predicted molar refractivity (Wildman–Crippen MR) is 75.1 cm³/mol. The van der Waals surface area contributed by atoms with Crippen molar-refractivity contribution in [2.75, 3.05) is 6.54 Å². The Kier molecular flexibility index (Phi) is 2.58. The third-order valence-electron chi connectivity index (χ3n) is 4.59. The minimum Gasteiger partial charge on any atom is -0.309 e. The molecule has 1 fully saturated rings. The van der Waals surface area contributed by atoms with Crippen molar-refractivity contribution in [1.29, 1.82) is 0 Å². The molecule has 0 radical (unpaired) electrons. The van der Waals surface area contributed by atoms with Gasteiger partial charge in [-0.05, 0) is 56.2 Å². The van der Waals surface area contributed by atoms with Crippen LogP contribution in [0.15, 0.2) is 6.20 Å². The SMILES string of the molecule is Cn1nc([C@H]2CCCN2)c2c3c(cnc21)CCCC3. The number of nitrogens with zero attached hydrogens (tertiary/aromatic N) is 3. The molecule has 1 aliphatic carbocycles. The molecule has 2 aliphatic rings. The third-order valence-corrected chi connectivity index (χ3v) is 4.59. The van der Waals surface area contributed by atoms with Gasteiger partial charge in [0.1, 0.15) is 0 Å². The van der Waals surface area contributed by atoms with Gasteiger partial charge in [0, 0.05) is 18.6 Å². The lowest BCUT2D eigenvalue weighted by Gasteiger charge is -2.17. The molecule has 1 saturated heterocycles. The Morgan fingerprint density at radius 3 is 3.00 bits per heavy atom. The van der Waals surface area contributed by atoms with Crippen molar-refractivity contribution >= 4 is 11.0 Å². The quantitative estimate of drug-likeness (QED) is 0.851. The van der Waals surface area contributed by atoms with Gasteiger partial charge in [0.25, 0.3) is 0 Å². The molecule has 19 heavy (non-hydrogen) atoms. The van der Waals surface area contributed by atoms with Crippen molar-refractivity contribution in [3.63, 3.8) is 0 Å². The zero-order valence-corrected chi connectivity index (χ0v) is 11.4. The van der Waals surface area contributed by atoms with Crippen molar-refractivity contribution in [3.05, 3.63) is 23.0 Å². The molecular formula is C15H20N4. The zero-order valence-electron chi connectivity index (χ0n) is 11.4. The van der Waals surface area contributed by atoms with Gasteiger partial charge >= 0.3 is 0 Å². The molecule has 2 aromatic heterocycles. The minimum absolute atomic E-state index is 0.430. The van der Waals surface area contributed by atoms with Crippen LogP contribution in [0.4, 0.5) is 0 Å². The summed E-state index contributed by atoms with van der Waals surface area (Å²) in [6.45, 7) is 1.12. The lowest BCUT2D eigenvalue weighted by atomic mass is 9.90. The van der Waals surface area contributed by atoms with Gasteiger partial charge in [-0.3, -0.25) is 4.68 Å². The van der Waals surface area contributed by atoms with Crippen molar-refractivity contribution in [2.24, 2.45) is 7.05 Å². The standard InChI is InChI=1S/C15H20N4/c1-19-15-13(14(18-19)12-7-4-8-16-12)11-6-3-2-5-10(11)9-17-15/h9,12,16H,2-8H2,1H3/t12-/m1/s1. The van der Waals surface area contributed by atoms with Crippen LogP contribution in [0.1, 0.15) is 48.5 Å². The fourth-order valence-electron chi connectivity index (χ4n) is 3.63. The van der Waals surface area contributed by atoms with E-state index in [0.717, 1.165) is 12.2 Å². The second-order valence-electron chi connectivity index (χ2n) is 5.83. The first kappa shape index (κ1) is 11.4. The molecule has 2 aromatic rings. The summed E-state index contributed by atoms with van der Waals surface area (Å²) in [7, 11) is 2.02. The molecule has 0 saturated carbocycles. The Balaban J connectivity index is 1.97. The number of fused-ring (bicyclic) bond motifs is 3. The van der Waals surface area contributed by atoms with Gasteiger partial charge in [0.2, 0.25) is 0 Å². The number of aromatic nitrogens is 3. The van der Waals surface area contributed by atoms with Crippen LogP contribution < -0.4 is 5.32 Å².